The zero-order chi connectivity index (χ0) is 18.5. The molecule has 2 amide bonds. The van der Waals surface area contributed by atoms with Gasteiger partial charge >= 0.3 is 6.09 Å². The second-order valence-electron chi connectivity index (χ2n) is 5.65. The van der Waals surface area contributed by atoms with Crippen LogP contribution >= 0.6 is 22.9 Å². The van der Waals surface area contributed by atoms with E-state index in [2.05, 4.69) is 10.3 Å². The smallest absolute Gasteiger partial charge is 0.409 e. The van der Waals surface area contributed by atoms with Crippen molar-refractivity contribution >= 4 is 45.8 Å². The van der Waals surface area contributed by atoms with Crippen LogP contribution in [0.2, 0.25) is 5.02 Å². The average molecular weight is 395 g/mol. The molecule has 1 aromatic heterocycles. The lowest BCUT2D eigenvalue weighted by Gasteiger charge is -2.33. The number of halogens is 1. The molecule has 0 bridgehead atoms. The van der Waals surface area contributed by atoms with Crippen molar-refractivity contribution in [1.82, 2.24) is 14.8 Å². The minimum absolute atomic E-state index is 0.135. The molecule has 2 aromatic rings. The number of aromatic nitrogens is 1. The summed E-state index contributed by atoms with van der Waals surface area (Å²) in [6.45, 7) is 3.97. The molecule has 1 aliphatic heterocycles. The van der Waals surface area contributed by atoms with Crippen molar-refractivity contribution in [1.29, 1.82) is 0 Å². The molecule has 3 rings (SSSR count). The number of carbonyl (C=O) groups is 2. The molecular formula is C17H19ClN4O3S. The van der Waals surface area contributed by atoms with Gasteiger partial charge in [0.1, 0.15) is 5.69 Å². The Kier molecular flexibility index (Phi) is 5.95. The van der Waals surface area contributed by atoms with E-state index >= 15 is 0 Å². The van der Waals surface area contributed by atoms with Gasteiger partial charge in [-0.15, -0.1) is 11.3 Å². The fourth-order valence-corrected chi connectivity index (χ4v) is 3.48. The molecule has 1 saturated heterocycles. The molecule has 1 N–H and O–H groups in total. The van der Waals surface area contributed by atoms with Crippen LogP contribution in [0, 0.1) is 0 Å². The summed E-state index contributed by atoms with van der Waals surface area (Å²) in [5, 5.41) is 6.12. The topological polar surface area (TPSA) is 74.8 Å². The number of benzene rings is 1. The second-order valence-corrected chi connectivity index (χ2v) is 6.95. The summed E-state index contributed by atoms with van der Waals surface area (Å²) in [6, 6.07) is 7.30. The lowest BCUT2D eigenvalue weighted by molar-refractivity contribution is 0.0566. The first-order valence-electron chi connectivity index (χ1n) is 8.26. The largest absolute Gasteiger partial charge is 0.450 e. The lowest BCUT2D eigenvalue weighted by Crippen LogP contribution is -2.50. The fourth-order valence-electron chi connectivity index (χ4n) is 2.59. The van der Waals surface area contributed by atoms with E-state index < -0.39 is 0 Å². The third-order valence-corrected chi connectivity index (χ3v) is 4.88. The molecule has 0 atom stereocenters. The highest BCUT2D eigenvalue weighted by atomic mass is 35.5. The molecule has 26 heavy (non-hydrogen) atoms. The Labute approximate surface area is 160 Å². The summed E-state index contributed by atoms with van der Waals surface area (Å²) in [7, 11) is 0. The van der Waals surface area contributed by atoms with E-state index in [1.54, 1.807) is 34.2 Å². The van der Waals surface area contributed by atoms with Gasteiger partial charge in [0.05, 0.1) is 6.61 Å². The molecule has 1 aromatic carbocycles. The number of carbonyl (C=O) groups excluding carboxylic acids is 2. The van der Waals surface area contributed by atoms with Crippen LogP contribution in [0.1, 0.15) is 17.4 Å². The fraction of sp³-hybridized carbons (Fsp3) is 0.353. The molecule has 0 spiro atoms. The zero-order valence-corrected chi connectivity index (χ0v) is 15.8. The van der Waals surface area contributed by atoms with Crippen molar-refractivity contribution in [3.8, 4) is 0 Å². The minimum atomic E-state index is -0.332. The highest BCUT2D eigenvalue weighted by Gasteiger charge is 2.26. The van der Waals surface area contributed by atoms with Crippen LogP contribution in [-0.2, 0) is 4.74 Å². The summed E-state index contributed by atoms with van der Waals surface area (Å²) in [5.41, 5.74) is 1.21. The molecule has 1 fully saturated rings. The van der Waals surface area contributed by atoms with Crippen LogP contribution in [0.25, 0.3) is 0 Å². The van der Waals surface area contributed by atoms with Crippen molar-refractivity contribution < 1.29 is 14.3 Å². The van der Waals surface area contributed by atoms with Crippen LogP contribution in [0.3, 0.4) is 0 Å². The minimum Gasteiger partial charge on any atom is -0.450 e. The Morgan fingerprint density at radius 2 is 2.00 bits per heavy atom. The number of amides is 2. The van der Waals surface area contributed by atoms with E-state index in [4.69, 9.17) is 16.3 Å². The van der Waals surface area contributed by atoms with Gasteiger partial charge in [-0.25, -0.2) is 9.78 Å². The molecule has 0 unspecified atom stereocenters. The van der Waals surface area contributed by atoms with E-state index in [9.17, 15) is 9.59 Å². The Morgan fingerprint density at radius 3 is 2.69 bits per heavy atom. The number of nitrogens with zero attached hydrogens (tertiary/aromatic N) is 3. The normalized spacial score (nSPS) is 14.2. The number of nitrogens with one attached hydrogen (secondary N) is 1. The monoisotopic (exact) mass is 394 g/mol. The van der Waals surface area contributed by atoms with Gasteiger partial charge in [0, 0.05) is 42.3 Å². The van der Waals surface area contributed by atoms with Crippen LogP contribution in [0.15, 0.2) is 29.6 Å². The molecular weight excluding hydrogens is 376 g/mol. The van der Waals surface area contributed by atoms with Gasteiger partial charge in [0.2, 0.25) is 0 Å². The van der Waals surface area contributed by atoms with Crippen LogP contribution in [0.4, 0.5) is 15.6 Å². The van der Waals surface area contributed by atoms with Gasteiger partial charge in [-0.3, -0.25) is 4.79 Å². The predicted octanol–water partition coefficient (Wildman–Crippen LogP) is 3.45. The standard InChI is InChI=1S/C17H19ClN4O3S/c1-2-25-17(24)22-8-6-21(7-9-22)15(23)14-11-26-16(20-14)19-13-5-3-4-12(18)10-13/h3-5,10-11H,2,6-9H2,1H3,(H,19,20). The first kappa shape index (κ1) is 18.5. The third-order valence-electron chi connectivity index (χ3n) is 3.89. The highest BCUT2D eigenvalue weighted by Crippen LogP contribution is 2.23. The quantitative estimate of drug-likeness (QED) is 0.859. The van der Waals surface area contributed by atoms with Gasteiger partial charge < -0.3 is 19.9 Å². The maximum atomic E-state index is 12.6. The van der Waals surface area contributed by atoms with Gasteiger partial charge in [0.15, 0.2) is 5.13 Å². The second kappa shape index (κ2) is 8.37. The van der Waals surface area contributed by atoms with Crippen molar-refractivity contribution in [3.05, 3.63) is 40.4 Å². The Bertz CT molecular complexity index is 790. The summed E-state index contributed by atoms with van der Waals surface area (Å²) in [4.78, 5) is 32.0. The van der Waals surface area contributed by atoms with Crippen molar-refractivity contribution in [3.63, 3.8) is 0 Å². The summed E-state index contributed by atoms with van der Waals surface area (Å²) < 4.78 is 4.99. The number of ether oxygens (including phenoxy) is 1. The number of thiazole rings is 1. The number of hydrogen-bond acceptors (Lipinski definition) is 6. The van der Waals surface area contributed by atoms with Crippen LogP contribution in [-0.4, -0.2) is 59.6 Å². The van der Waals surface area contributed by atoms with Crippen molar-refractivity contribution in [2.24, 2.45) is 0 Å². The van der Waals surface area contributed by atoms with Crippen molar-refractivity contribution in [2.45, 2.75) is 6.92 Å². The van der Waals surface area contributed by atoms with E-state index in [1.165, 1.54) is 11.3 Å². The molecule has 7 nitrogen and oxygen atoms in total. The lowest BCUT2D eigenvalue weighted by atomic mass is 10.3. The maximum absolute atomic E-state index is 12.6. The number of piperazine rings is 1. The van der Waals surface area contributed by atoms with Gasteiger partial charge in [-0.1, -0.05) is 17.7 Å². The zero-order valence-electron chi connectivity index (χ0n) is 14.3. The Morgan fingerprint density at radius 1 is 1.27 bits per heavy atom. The predicted molar refractivity (Wildman–Crippen MR) is 101 cm³/mol. The Balaban J connectivity index is 1.58. The molecule has 2 heterocycles. The maximum Gasteiger partial charge on any atom is 0.409 e. The summed E-state index contributed by atoms with van der Waals surface area (Å²) in [5.74, 6) is -0.135. The number of anilines is 2. The molecule has 9 heteroatoms. The SMILES string of the molecule is CCOC(=O)N1CCN(C(=O)c2csc(Nc3cccc(Cl)c3)n2)CC1. The van der Waals surface area contributed by atoms with E-state index in [1.807, 2.05) is 12.1 Å². The average Bonchev–Trinajstić information content (AvgIpc) is 3.10. The van der Waals surface area contributed by atoms with E-state index in [-0.39, 0.29) is 12.0 Å². The van der Waals surface area contributed by atoms with Crippen molar-refractivity contribution in [2.75, 3.05) is 38.1 Å². The van der Waals surface area contributed by atoms with Gasteiger partial charge in [-0.2, -0.15) is 0 Å². The Hall–Kier alpha value is -2.32. The molecule has 0 aliphatic carbocycles. The first-order valence-corrected chi connectivity index (χ1v) is 9.51. The van der Waals surface area contributed by atoms with Gasteiger partial charge in [0.25, 0.3) is 5.91 Å². The summed E-state index contributed by atoms with van der Waals surface area (Å²) in [6.07, 6.45) is -0.332. The number of hydrogen-bond donors (Lipinski definition) is 1. The summed E-state index contributed by atoms with van der Waals surface area (Å²) >= 11 is 7.32. The first-order chi connectivity index (χ1) is 12.6. The molecule has 138 valence electrons. The highest BCUT2D eigenvalue weighted by molar-refractivity contribution is 7.14. The molecule has 0 radical (unpaired) electrons. The number of rotatable bonds is 4. The van der Waals surface area contributed by atoms with E-state index in [0.717, 1.165) is 5.69 Å². The van der Waals surface area contributed by atoms with Crippen LogP contribution < -0.4 is 5.32 Å². The van der Waals surface area contributed by atoms with Crippen LogP contribution in [0.5, 0.6) is 0 Å². The molecule has 1 aliphatic rings. The van der Waals surface area contributed by atoms with Gasteiger partial charge in [-0.05, 0) is 25.1 Å². The van der Waals surface area contributed by atoms with E-state index in [0.29, 0.717) is 48.6 Å². The third kappa shape index (κ3) is 4.44. The molecule has 0 saturated carbocycles.